The van der Waals surface area contributed by atoms with Crippen molar-refractivity contribution in [1.29, 1.82) is 0 Å². The van der Waals surface area contributed by atoms with Crippen molar-refractivity contribution >= 4 is 29.1 Å². The summed E-state index contributed by atoms with van der Waals surface area (Å²) in [6, 6.07) is 17.1. The van der Waals surface area contributed by atoms with Gasteiger partial charge in [0.25, 0.3) is 5.91 Å². The quantitative estimate of drug-likeness (QED) is 0.755. The van der Waals surface area contributed by atoms with Crippen molar-refractivity contribution in [3.63, 3.8) is 0 Å². The van der Waals surface area contributed by atoms with Crippen LogP contribution in [0.5, 0.6) is 5.75 Å². The van der Waals surface area contributed by atoms with Crippen LogP contribution in [-0.2, 0) is 9.59 Å². The maximum Gasteiger partial charge on any atom is 0.260 e. The molecular formula is C22H26ClN3O3. The summed E-state index contributed by atoms with van der Waals surface area (Å²) in [6.45, 7) is 4.96. The fraction of sp³-hybridized carbons (Fsp3) is 0.364. The third-order valence-corrected chi connectivity index (χ3v) is 5.11. The lowest BCUT2D eigenvalue weighted by Gasteiger charge is -2.36. The number of hydrogen-bond donors (Lipinski definition) is 1. The summed E-state index contributed by atoms with van der Waals surface area (Å²) in [5, 5.41) is 3.32. The Balaban J connectivity index is 1.37. The number of piperazine rings is 1. The van der Waals surface area contributed by atoms with Crippen LogP contribution in [0, 0.1) is 0 Å². The number of halogens is 1. The molecule has 2 amide bonds. The Morgan fingerprint density at radius 3 is 2.48 bits per heavy atom. The number of para-hydroxylation sites is 1. The number of anilines is 1. The van der Waals surface area contributed by atoms with E-state index < -0.39 is 6.10 Å². The smallest absolute Gasteiger partial charge is 0.260 e. The SMILES string of the molecule is CC(Oc1cccc(Cl)c1)C(=O)NCCC(=O)N1CCN(c2ccccc2)CC1. The molecule has 1 saturated heterocycles. The van der Waals surface area contributed by atoms with Crippen molar-refractivity contribution < 1.29 is 14.3 Å². The molecule has 0 aromatic heterocycles. The van der Waals surface area contributed by atoms with Crippen LogP contribution in [0.15, 0.2) is 54.6 Å². The van der Waals surface area contributed by atoms with Crippen LogP contribution in [0.3, 0.4) is 0 Å². The minimum atomic E-state index is -0.669. The second-order valence-electron chi connectivity index (χ2n) is 6.96. The van der Waals surface area contributed by atoms with Crippen molar-refractivity contribution in [3.8, 4) is 5.75 Å². The van der Waals surface area contributed by atoms with Gasteiger partial charge in [0.1, 0.15) is 5.75 Å². The van der Waals surface area contributed by atoms with Gasteiger partial charge in [0.15, 0.2) is 6.10 Å². The highest BCUT2D eigenvalue weighted by Gasteiger charge is 2.21. The Morgan fingerprint density at radius 1 is 1.07 bits per heavy atom. The van der Waals surface area contributed by atoms with Gasteiger partial charge in [-0.25, -0.2) is 0 Å². The van der Waals surface area contributed by atoms with E-state index >= 15 is 0 Å². The summed E-state index contributed by atoms with van der Waals surface area (Å²) < 4.78 is 5.59. The van der Waals surface area contributed by atoms with Gasteiger partial charge in [0.2, 0.25) is 5.91 Å². The molecule has 0 bridgehead atoms. The number of carbonyl (C=O) groups is 2. The zero-order valence-electron chi connectivity index (χ0n) is 16.5. The normalized spacial score (nSPS) is 15.0. The Hall–Kier alpha value is -2.73. The maximum absolute atomic E-state index is 12.4. The second kappa shape index (κ2) is 10.2. The molecule has 154 valence electrons. The average molecular weight is 416 g/mol. The van der Waals surface area contributed by atoms with Gasteiger partial charge in [0, 0.05) is 49.9 Å². The summed E-state index contributed by atoms with van der Waals surface area (Å²) in [5.41, 5.74) is 1.18. The molecule has 1 aliphatic heterocycles. The molecule has 0 spiro atoms. The van der Waals surface area contributed by atoms with E-state index in [-0.39, 0.29) is 18.2 Å². The number of ether oxygens (including phenoxy) is 1. The second-order valence-corrected chi connectivity index (χ2v) is 7.40. The van der Waals surface area contributed by atoms with Crippen molar-refractivity contribution in [3.05, 3.63) is 59.6 Å². The Bertz CT molecular complexity index is 823. The zero-order chi connectivity index (χ0) is 20.6. The number of nitrogens with one attached hydrogen (secondary N) is 1. The molecule has 1 aliphatic rings. The summed E-state index contributed by atoms with van der Waals surface area (Å²) in [7, 11) is 0. The van der Waals surface area contributed by atoms with Crippen LogP contribution < -0.4 is 15.0 Å². The van der Waals surface area contributed by atoms with E-state index in [0.29, 0.717) is 30.4 Å². The lowest BCUT2D eigenvalue weighted by atomic mass is 10.2. The van der Waals surface area contributed by atoms with Crippen LogP contribution in [0.25, 0.3) is 0 Å². The van der Waals surface area contributed by atoms with E-state index in [1.807, 2.05) is 23.1 Å². The van der Waals surface area contributed by atoms with Gasteiger partial charge in [-0.2, -0.15) is 0 Å². The summed E-state index contributed by atoms with van der Waals surface area (Å²) in [4.78, 5) is 28.8. The molecule has 1 fully saturated rings. The van der Waals surface area contributed by atoms with E-state index in [0.717, 1.165) is 13.1 Å². The highest BCUT2D eigenvalue weighted by molar-refractivity contribution is 6.30. The van der Waals surface area contributed by atoms with Crippen LogP contribution in [0.4, 0.5) is 5.69 Å². The fourth-order valence-electron chi connectivity index (χ4n) is 3.25. The molecule has 2 aromatic rings. The summed E-state index contributed by atoms with van der Waals surface area (Å²) in [6.07, 6.45) is -0.390. The predicted octanol–water partition coefficient (Wildman–Crippen LogP) is 2.96. The zero-order valence-corrected chi connectivity index (χ0v) is 17.3. The highest BCUT2D eigenvalue weighted by Crippen LogP contribution is 2.18. The minimum absolute atomic E-state index is 0.0569. The van der Waals surface area contributed by atoms with Crippen molar-refractivity contribution in [2.45, 2.75) is 19.4 Å². The van der Waals surface area contributed by atoms with Gasteiger partial charge >= 0.3 is 0 Å². The van der Waals surface area contributed by atoms with Crippen LogP contribution in [-0.4, -0.2) is 55.5 Å². The van der Waals surface area contributed by atoms with E-state index in [9.17, 15) is 9.59 Å². The number of benzene rings is 2. The first-order chi connectivity index (χ1) is 14.0. The molecule has 0 radical (unpaired) electrons. The van der Waals surface area contributed by atoms with Gasteiger partial charge in [-0.1, -0.05) is 35.9 Å². The lowest BCUT2D eigenvalue weighted by molar-refractivity contribution is -0.131. The van der Waals surface area contributed by atoms with E-state index in [1.165, 1.54) is 5.69 Å². The van der Waals surface area contributed by atoms with E-state index in [2.05, 4.69) is 22.3 Å². The molecule has 2 aromatic carbocycles. The lowest BCUT2D eigenvalue weighted by Crippen LogP contribution is -2.49. The minimum Gasteiger partial charge on any atom is -0.481 e. The topological polar surface area (TPSA) is 61.9 Å². The Morgan fingerprint density at radius 2 is 1.79 bits per heavy atom. The first-order valence-corrected chi connectivity index (χ1v) is 10.2. The van der Waals surface area contributed by atoms with Gasteiger partial charge in [-0.05, 0) is 37.3 Å². The standard InChI is InChI=1S/C22H26ClN3O3/c1-17(29-20-9-5-6-18(23)16-20)22(28)24-11-10-21(27)26-14-12-25(13-15-26)19-7-3-2-4-8-19/h2-9,16-17H,10-15H2,1H3,(H,24,28). The van der Waals surface area contributed by atoms with Crippen LogP contribution >= 0.6 is 11.6 Å². The number of amides is 2. The van der Waals surface area contributed by atoms with Crippen LogP contribution in [0.2, 0.25) is 5.02 Å². The first kappa shape index (κ1) is 21.0. The van der Waals surface area contributed by atoms with Gasteiger partial charge < -0.3 is 19.9 Å². The molecule has 0 aliphatic carbocycles. The Labute approximate surface area is 176 Å². The Kier molecular flexibility index (Phi) is 7.36. The molecule has 7 heteroatoms. The molecular weight excluding hydrogens is 390 g/mol. The van der Waals surface area contributed by atoms with Crippen molar-refractivity contribution in [2.24, 2.45) is 0 Å². The third-order valence-electron chi connectivity index (χ3n) is 4.87. The number of hydrogen-bond acceptors (Lipinski definition) is 4. The molecule has 1 unspecified atom stereocenters. The molecule has 1 N–H and O–H groups in total. The summed E-state index contributed by atoms with van der Waals surface area (Å²) in [5.74, 6) is 0.334. The van der Waals surface area contributed by atoms with Crippen molar-refractivity contribution in [1.82, 2.24) is 10.2 Å². The molecule has 0 saturated carbocycles. The summed E-state index contributed by atoms with van der Waals surface area (Å²) >= 11 is 5.92. The number of carbonyl (C=O) groups excluding carboxylic acids is 2. The molecule has 29 heavy (non-hydrogen) atoms. The molecule has 3 rings (SSSR count). The monoisotopic (exact) mass is 415 g/mol. The van der Waals surface area contributed by atoms with E-state index in [4.69, 9.17) is 16.3 Å². The molecule has 1 heterocycles. The van der Waals surface area contributed by atoms with Crippen LogP contribution in [0.1, 0.15) is 13.3 Å². The predicted molar refractivity (Wildman–Crippen MR) is 114 cm³/mol. The number of rotatable bonds is 7. The largest absolute Gasteiger partial charge is 0.481 e. The van der Waals surface area contributed by atoms with Gasteiger partial charge in [0.05, 0.1) is 0 Å². The maximum atomic E-state index is 12.4. The fourth-order valence-corrected chi connectivity index (χ4v) is 3.43. The number of nitrogens with zero attached hydrogens (tertiary/aromatic N) is 2. The average Bonchev–Trinajstić information content (AvgIpc) is 2.74. The van der Waals surface area contributed by atoms with E-state index in [1.54, 1.807) is 31.2 Å². The molecule has 1 atom stereocenters. The molecule has 6 nitrogen and oxygen atoms in total. The third kappa shape index (κ3) is 6.12. The first-order valence-electron chi connectivity index (χ1n) is 9.80. The van der Waals surface area contributed by atoms with Crippen molar-refractivity contribution in [2.75, 3.05) is 37.6 Å². The van der Waals surface area contributed by atoms with Gasteiger partial charge in [-0.3, -0.25) is 9.59 Å². The highest BCUT2D eigenvalue weighted by atomic mass is 35.5. The van der Waals surface area contributed by atoms with Gasteiger partial charge in [-0.15, -0.1) is 0 Å².